The fourth-order valence-electron chi connectivity index (χ4n) is 2.39. The Hall–Kier alpha value is -2.48. The first-order chi connectivity index (χ1) is 10.9. The number of hydrogen-bond donors (Lipinski definition) is 2. The molecular formula is C15H12BrFN4O2. The zero-order valence-electron chi connectivity index (χ0n) is 12.3. The van der Waals surface area contributed by atoms with Gasteiger partial charge in [0.2, 0.25) is 0 Å². The second kappa shape index (κ2) is 5.62. The van der Waals surface area contributed by atoms with Crippen LogP contribution in [0.3, 0.4) is 0 Å². The molecule has 0 saturated carbocycles. The highest BCUT2D eigenvalue weighted by Gasteiger charge is 2.17. The summed E-state index contributed by atoms with van der Waals surface area (Å²) in [5.41, 5.74) is 0.224. The van der Waals surface area contributed by atoms with Gasteiger partial charge in [-0.05, 0) is 25.1 Å². The summed E-state index contributed by atoms with van der Waals surface area (Å²) in [5.74, 6) is -0.507. The molecule has 0 amide bonds. The van der Waals surface area contributed by atoms with Gasteiger partial charge in [-0.25, -0.2) is 9.37 Å². The fourth-order valence-corrected chi connectivity index (χ4v) is 2.73. The van der Waals surface area contributed by atoms with Crippen LogP contribution in [0.1, 0.15) is 5.56 Å². The van der Waals surface area contributed by atoms with Crippen molar-refractivity contribution in [3.8, 4) is 0 Å². The predicted octanol–water partition coefficient (Wildman–Crippen LogP) is 2.58. The lowest BCUT2D eigenvalue weighted by atomic mass is 10.1. The molecule has 23 heavy (non-hydrogen) atoms. The van der Waals surface area contributed by atoms with E-state index in [-0.39, 0.29) is 28.0 Å². The van der Waals surface area contributed by atoms with Gasteiger partial charge >= 0.3 is 0 Å². The molecule has 3 rings (SSSR count). The van der Waals surface area contributed by atoms with Crippen LogP contribution >= 0.6 is 15.9 Å². The third kappa shape index (κ3) is 2.55. The minimum atomic E-state index is -0.507. The SMILES string of the molecule is Cc1c(Nc2ccc(Br)cc2F)c2c(=O)[nH]cnc2n(C)c1=O. The van der Waals surface area contributed by atoms with Gasteiger partial charge in [0.25, 0.3) is 11.1 Å². The van der Waals surface area contributed by atoms with E-state index >= 15 is 0 Å². The van der Waals surface area contributed by atoms with Gasteiger partial charge in [-0.1, -0.05) is 15.9 Å². The molecule has 2 heterocycles. The number of halogens is 2. The maximum atomic E-state index is 14.1. The third-order valence-corrected chi connectivity index (χ3v) is 4.09. The van der Waals surface area contributed by atoms with Gasteiger partial charge in [0.15, 0.2) is 5.65 Å². The number of benzene rings is 1. The number of fused-ring (bicyclic) bond motifs is 1. The van der Waals surface area contributed by atoms with Crippen LogP contribution in [0.15, 0.2) is 38.6 Å². The molecule has 0 bridgehead atoms. The average molecular weight is 379 g/mol. The van der Waals surface area contributed by atoms with E-state index in [0.29, 0.717) is 10.0 Å². The molecule has 2 aromatic heterocycles. The molecule has 0 unspecified atom stereocenters. The predicted molar refractivity (Wildman–Crippen MR) is 89.7 cm³/mol. The molecule has 118 valence electrons. The Balaban J connectivity index is 2.33. The van der Waals surface area contributed by atoms with E-state index in [1.807, 2.05) is 0 Å². The van der Waals surface area contributed by atoms with E-state index in [9.17, 15) is 14.0 Å². The van der Waals surface area contributed by atoms with Gasteiger partial charge in [-0.2, -0.15) is 0 Å². The zero-order chi connectivity index (χ0) is 16.7. The molecule has 0 spiro atoms. The van der Waals surface area contributed by atoms with Crippen LogP contribution in [0.4, 0.5) is 15.8 Å². The number of aromatic amines is 1. The third-order valence-electron chi connectivity index (χ3n) is 3.59. The van der Waals surface area contributed by atoms with Crippen LogP contribution in [0.2, 0.25) is 0 Å². The molecule has 1 aromatic carbocycles. The van der Waals surface area contributed by atoms with Gasteiger partial charge in [0.05, 0.1) is 17.7 Å². The lowest BCUT2D eigenvalue weighted by Gasteiger charge is -2.14. The van der Waals surface area contributed by atoms with Gasteiger partial charge in [0, 0.05) is 17.1 Å². The molecule has 0 atom stereocenters. The highest BCUT2D eigenvalue weighted by molar-refractivity contribution is 9.10. The number of anilines is 2. The van der Waals surface area contributed by atoms with Crippen molar-refractivity contribution in [2.24, 2.45) is 7.05 Å². The number of rotatable bonds is 2. The van der Waals surface area contributed by atoms with Crippen LogP contribution < -0.4 is 16.4 Å². The van der Waals surface area contributed by atoms with Gasteiger partial charge in [0.1, 0.15) is 11.2 Å². The standard InChI is InChI=1S/C15H12BrFN4O2/c1-7-12(20-10-4-3-8(16)5-9(10)17)11-13(21(2)15(7)23)18-6-19-14(11)22/h3-6,20H,1-2H3,(H,18,19,22). The van der Waals surface area contributed by atoms with Crippen molar-refractivity contribution >= 4 is 38.3 Å². The Morgan fingerprint density at radius 2 is 2.09 bits per heavy atom. The van der Waals surface area contributed by atoms with Gasteiger partial charge in [-0.15, -0.1) is 0 Å². The van der Waals surface area contributed by atoms with Gasteiger partial charge in [-0.3, -0.25) is 14.2 Å². The molecule has 0 aliphatic rings. The van der Waals surface area contributed by atoms with Crippen LogP contribution in [-0.4, -0.2) is 14.5 Å². The van der Waals surface area contributed by atoms with E-state index in [1.54, 1.807) is 13.0 Å². The van der Waals surface area contributed by atoms with Crippen molar-refractivity contribution in [1.29, 1.82) is 0 Å². The van der Waals surface area contributed by atoms with E-state index < -0.39 is 11.4 Å². The maximum absolute atomic E-state index is 14.1. The summed E-state index contributed by atoms with van der Waals surface area (Å²) in [6.45, 7) is 1.58. The topological polar surface area (TPSA) is 79.8 Å². The molecule has 0 aliphatic carbocycles. The van der Waals surface area contributed by atoms with Crippen molar-refractivity contribution < 1.29 is 4.39 Å². The molecule has 0 radical (unpaired) electrons. The molecule has 8 heteroatoms. The average Bonchev–Trinajstić information content (AvgIpc) is 2.51. The molecule has 0 fully saturated rings. The summed E-state index contributed by atoms with van der Waals surface area (Å²) < 4.78 is 16.0. The normalized spacial score (nSPS) is 11.0. The monoisotopic (exact) mass is 378 g/mol. The summed E-state index contributed by atoms with van der Waals surface area (Å²) in [4.78, 5) is 31.0. The number of aryl methyl sites for hydroxylation is 1. The summed E-state index contributed by atoms with van der Waals surface area (Å²) in [7, 11) is 1.54. The van der Waals surface area contributed by atoms with Crippen molar-refractivity contribution in [3.05, 3.63) is 61.1 Å². The maximum Gasteiger partial charge on any atom is 0.262 e. The highest BCUT2D eigenvalue weighted by atomic mass is 79.9. The first-order valence-electron chi connectivity index (χ1n) is 6.69. The molecule has 6 nitrogen and oxygen atoms in total. The smallest absolute Gasteiger partial charge is 0.262 e. The van der Waals surface area contributed by atoms with Crippen LogP contribution in [0.5, 0.6) is 0 Å². The van der Waals surface area contributed by atoms with Crippen LogP contribution in [-0.2, 0) is 7.05 Å². The second-order valence-electron chi connectivity index (χ2n) is 5.04. The van der Waals surface area contributed by atoms with E-state index in [1.165, 1.54) is 30.1 Å². The number of H-pyrrole nitrogens is 1. The molecule has 2 N–H and O–H groups in total. The zero-order valence-corrected chi connectivity index (χ0v) is 13.9. The molecule has 0 saturated heterocycles. The number of aromatic nitrogens is 3. The fraction of sp³-hybridized carbons (Fsp3) is 0.133. The Labute approximate surface area is 138 Å². The quantitative estimate of drug-likeness (QED) is 0.718. The largest absolute Gasteiger partial charge is 0.352 e. The first-order valence-corrected chi connectivity index (χ1v) is 7.48. The van der Waals surface area contributed by atoms with Crippen LogP contribution in [0, 0.1) is 12.7 Å². The number of hydrogen-bond acceptors (Lipinski definition) is 4. The number of nitrogens with zero attached hydrogens (tertiary/aromatic N) is 2. The molecular weight excluding hydrogens is 367 g/mol. The molecule has 0 aliphatic heterocycles. The lowest BCUT2D eigenvalue weighted by molar-refractivity contribution is 0.631. The van der Waals surface area contributed by atoms with E-state index in [2.05, 4.69) is 31.2 Å². The first kappa shape index (κ1) is 15.4. The second-order valence-corrected chi connectivity index (χ2v) is 5.96. The minimum Gasteiger partial charge on any atom is -0.352 e. The highest BCUT2D eigenvalue weighted by Crippen LogP contribution is 2.27. The summed E-state index contributed by atoms with van der Waals surface area (Å²) in [6, 6.07) is 4.47. The molecule has 3 aromatic rings. The summed E-state index contributed by atoms with van der Waals surface area (Å²) in [6.07, 6.45) is 1.23. The van der Waals surface area contributed by atoms with Crippen molar-refractivity contribution in [2.75, 3.05) is 5.32 Å². The summed E-state index contributed by atoms with van der Waals surface area (Å²) in [5, 5.41) is 3.05. The minimum absolute atomic E-state index is 0.161. The number of pyridine rings is 1. The Kier molecular flexibility index (Phi) is 3.77. The Morgan fingerprint density at radius 1 is 1.35 bits per heavy atom. The summed E-state index contributed by atoms with van der Waals surface area (Å²) >= 11 is 3.18. The lowest BCUT2D eigenvalue weighted by Crippen LogP contribution is -2.25. The Bertz CT molecular complexity index is 1040. The number of nitrogens with one attached hydrogen (secondary N) is 2. The van der Waals surface area contributed by atoms with E-state index in [4.69, 9.17) is 0 Å². The van der Waals surface area contributed by atoms with Crippen molar-refractivity contribution in [2.45, 2.75) is 6.92 Å². The van der Waals surface area contributed by atoms with Crippen LogP contribution in [0.25, 0.3) is 11.0 Å². The Morgan fingerprint density at radius 3 is 2.78 bits per heavy atom. The van der Waals surface area contributed by atoms with Crippen molar-refractivity contribution in [3.63, 3.8) is 0 Å². The van der Waals surface area contributed by atoms with E-state index in [0.717, 1.165) is 0 Å². The van der Waals surface area contributed by atoms with Gasteiger partial charge < -0.3 is 10.3 Å². The van der Waals surface area contributed by atoms with Crippen molar-refractivity contribution in [1.82, 2.24) is 14.5 Å².